The van der Waals surface area contributed by atoms with Gasteiger partial charge >= 0.3 is 0 Å². The summed E-state index contributed by atoms with van der Waals surface area (Å²) in [5, 5.41) is 5.23. The first-order chi connectivity index (χ1) is 11.0. The van der Waals surface area contributed by atoms with Crippen LogP contribution in [0.3, 0.4) is 0 Å². The number of carbonyl (C=O) groups is 1. The largest absolute Gasteiger partial charge is 0.328 e. The van der Waals surface area contributed by atoms with E-state index in [1.807, 2.05) is 31.8 Å². The molecule has 1 saturated heterocycles. The van der Waals surface area contributed by atoms with Crippen LogP contribution < -0.4 is 0 Å². The maximum Gasteiger partial charge on any atom is 0.266 e. The molecule has 4 rings (SSSR count). The standard InChI is InChI=1S/C17H20N4OS/c1-10-16(23-11(2)19-10)17(22)21-13-4-5-14(21)9-12(8-13)15-6-7-18-20(15)3/h6-8,13-14H,4-5,9H2,1-3H3. The summed E-state index contributed by atoms with van der Waals surface area (Å²) in [6, 6.07) is 2.55. The van der Waals surface area contributed by atoms with Crippen molar-refractivity contribution in [3.63, 3.8) is 0 Å². The average Bonchev–Trinajstić information content (AvgIpc) is 3.15. The number of aryl methyl sites for hydroxylation is 3. The molecule has 0 aromatic carbocycles. The topological polar surface area (TPSA) is 51.0 Å². The molecule has 2 unspecified atom stereocenters. The van der Waals surface area contributed by atoms with Gasteiger partial charge in [-0.2, -0.15) is 5.10 Å². The normalized spacial score (nSPS) is 23.3. The van der Waals surface area contributed by atoms with Crippen molar-refractivity contribution in [3.8, 4) is 0 Å². The van der Waals surface area contributed by atoms with Crippen molar-refractivity contribution in [2.75, 3.05) is 0 Å². The number of fused-ring (bicyclic) bond motifs is 2. The van der Waals surface area contributed by atoms with E-state index in [2.05, 4.69) is 27.1 Å². The third-order valence-electron chi connectivity index (χ3n) is 4.88. The number of amides is 1. The van der Waals surface area contributed by atoms with Crippen LogP contribution in [0.4, 0.5) is 0 Å². The molecule has 2 aromatic rings. The molecule has 2 aromatic heterocycles. The number of rotatable bonds is 2. The lowest BCUT2D eigenvalue weighted by atomic mass is 9.98. The predicted molar refractivity (Wildman–Crippen MR) is 90.4 cm³/mol. The van der Waals surface area contributed by atoms with Crippen LogP contribution >= 0.6 is 11.3 Å². The molecule has 0 spiro atoms. The van der Waals surface area contributed by atoms with Crippen LogP contribution in [-0.2, 0) is 7.05 Å². The number of aromatic nitrogens is 3. The number of thiazole rings is 1. The molecule has 4 heterocycles. The highest BCUT2D eigenvalue weighted by Crippen LogP contribution is 2.39. The van der Waals surface area contributed by atoms with Gasteiger partial charge < -0.3 is 4.90 Å². The van der Waals surface area contributed by atoms with Crippen molar-refractivity contribution >= 4 is 22.8 Å². The summed E-state index contributed by atoms with van der Waals surface area (Å²) in [6.07, 6.45) is 7.14. The smallest absolute Gasteiger partial charge is 0.266 e. The first kappa shape index (κ1) is 14.6. The van der Waals surface area contributed by atoms with Crippen LogP contribution in [0.25, 0.3) is 5.57 Å². The molecule has 0 saturated carbocycles. The summed E-state index contributed by atoms with van der Waals surface area (Å²) < 4.78 is 1.92. The minimum Gasteiger partial charge on any atom is -0.328 e. The molecule has 2 bridgehead atoms. The first-order valence-corrected chi connectivity index (χ1v) is 8.82. The molecule has 2 atom stereocenters. The Morgan fingerprint density at radius 3 is 2.78 bits per heavy atom. The highest BCUT2D eigenvalue weighted by molar-refractivity contribution is 7.13. The highest BCUT2D eigenvalue weighted by Gasteiger charge is 2.41. The fraction of sp³-hybridized carbons (Fsp3) is 0.471. The molecule has 120 valence electrons. The molecule has 1 amide bonds. The van der Waals surface area contributed by atoms with E-state index in [4.69, 9.17) is 0 Å². The monoisotopic (exact) mass is 328 g/mol. The average molecular weight is 328 g/mol. The minimum absolute atomic E-state index is 0.154. The van der Waals surface area contributed by atoms with Crippen molar-refractivity contribution in [1.29, 1.82) is 0 Å². The number of carbonyl (C=O) groups excluding carboxylic acids is 1. The van der Waals surface area contributed by atoms with Gasteiger partial charge in [-0.3, -0.25) is 9.48 Å². The van der Waals surface area contributed by atoms with Gasteiger partial charge in [-0.05, 0) is 44.7 Å². The van der Waals surface area contributed by atoms with E-state index in [1.165, 1.54) is 22.6 Å². The van der Waals surface area contributed by atoms with Crippen LogP contribution in [0.2, 0.25) is 0 Å². The Balaban J connectivity index is 1.66. The maximum atomic E-state index is 13.0. The minimum atomic E-state index is 0.154. The summed E-state index contributed by atoms with van der Waals surface area (Å²) in [6.45, 7) is 3.89. The van der Waals surface area contributed by atoms with E-state index in [0.29, 0.717) is 6.04 Å². The molecular formula is C17H20N4OS. The lowest BCUT2D eigenvalue weighted by Gasteiger charge is -2.34. The van der Waals surface area contributed by atoms with Gasteiger partial charge in [0.1, 0.15) is 4.88 Å². The zero-order chi connectivity index (χ0) is 16.1. The SMILES string of the molecule is Cc1nc(C)c(C(=O)N2C3C=C(c4ccnn4C)CC2CC3)s1. The predicted octanol–water partition coefficient (Wildman–Crippen LogP) is 2.95. The highest BCUT2D eigenvalue weighted by atomic mass is 32.1. The quantitative estimate of drug-likeness (QED) is 0.851. The second kappa shape index (κ2) is 5.30. The molecule has 1 fully saturated rings. The maximum absolute atomic E-state index is 13.0. The first-order valence-electron chi connectivity index (χ1n) is 8.00. The molecular weight excluding hydrogens is 308 g/mol. The summed E-state index contributed by atoms with van der Waals surface area (Å²) in [4.78, 5) is 20.3. The molecule has 6 heteroatoms. The van der Waals surface area contributed by atoms with Crippen LogP contribution in [0.15, 0.2) is 18.3 Å². The van der Waals surface area contributed by atoms with Crippen molar-refractivity contribution in [2.45, 2.75) is 45.2 Å². The fourth-order valence-corrected chi connectivity index (χ4v) is 4.74. The molecule has 2 aliphatic heterocycles. The van der Waals surface area contributed by atoms with Gasteiger partial charge in [-0.1, -0.05) is 6.08 Å². The van der Waals surface area contributed by atoms with Gasteiger partial charge in [-0.25, -0.2) is 4.98 Å². The van der Waals surface area contributed by atoms with Crippen molar-refractivity contribution < 1.29 is 4.79 Å². The van der Waals surface area contributed by atoms with Crippen molar-refractivity contribution in [3.05, 3.63) is 39.6 Å². The van der Waals surface area contributed by atoms with E-state index in [-0.39, 0.29) is 11.9 Å². The lowest BCUT2D eigenvalue weighted by Crippen LogP contribution is -2.43. The van der Waals surface area contributed by atoms with Crippen LogP contribution in [0, 0.1) is 13.8 Å². The van der Waals surface area contributed by atoms with Crippen LogP contribution in [0.1, 0.15) is 45.3 Å². The fourth-order valence-electron chi connectivity index (χ4n) is 3.87. The third-order valence-corrected chi connectivity index (χ3v) is 5.94. The van der Waals surface area contributed by atoms with E-state index < -0.39 is 0 Å². The summed E-state index contributed by atoms with van der Waals surface area (Å²) in [5.41, 5.74) is 3.34. The Labute approximate surface area is 139 Å². The summed E-state index contributed by atoms with van der Waals surface area (Å²) >= 11 is 1.51. The van der Waals surface area contributed by atoms with Gasteiger partial charge in [0.15, 0.2) is 0 Å². The lowest BCUT2D eigenvalue weighted by molar-refractivity contribution is 0.0696. The second-order valence-electron chi connectivity index (χ2n) is 6.39. The molecule has 5 nitrogen and oxygen atoms in total. The summed E-state index contributed by atoms with van der Waals surface area (Å²) in [5.74, 6) is 0.154. The van der Waals surface area contributed by atoms with Gasteiger partial charge in [0.2, 0.25) is 0 Å². The molecule has 2 aliphatic rings. The van der Waals surface area contributed by atoms with Gasteiger partial charge in [0.05, 0.1) is 22.4 Å². The van der Waals surface area contributed by atoms with E-state index in [0.717, 1.165) is 34.8 Å². The third kappa shape index (κ3) is 2.32. The molecule has 23 heavy (non-hydrogen) atoms. The van der Waals surface area contributed by atoms with Crippen molar-refractivity contribution in [1.82, 2.24) is 19.7 Å². The van der Waals surface area contributed by atoms with Gasteiger partial charge in [0.25, 0.3) is 5.91 Å². The zero-order valence-electron chi connectivity index (χ0n) is 13.6. The molecule has 0 radical (unpaired) electrons. The second-order valence-corrected chi connectivity index (χ2v) is 7.60. The number of nitrogens with zero attached hydrogens (tertiary/aromatic N) is 4. The van der Waals surface area contributed by atoms with Crippen molar-refractivity contribution in [2.24, 2.45) is 7.05 Å². The Morgan fingerprint density at radius 1 is 1.35 bits per heavy atom. The van der Waals surface area contributed by atoms with E-state index in [1.54, 1.807) is 0 Å². The van der Waals surface area contributed by atoms with Gasteiger partial charge in [-0.15, -0.1) is 11.3 Å². The molecule has 0 aliphatic carbocycles. The van der Waals surface area contributed by atoms with Gasteiger partial charge in [0, 0.05) is 19.3 Å². The Hall–Kier alpha value is -1.95. The Bertz CT molecular complexity index is 803. The Morgan fingerprint density at radius 2 is 2.17 bits per heavy atom. The number of hydrogen-bond donors (Lipinski definition) is 0. The van der Waals surface area contributed by atoms with E-state index >= 15 is 0 Å². The molecule has 0 N–H and O–H groups in total. The van der Waals surface area contributed by atoms with Crippen LogP contribution in [-0.4, -0.2) is 37.7 Å². The zero-order valence-corrected chi connectivity index (χ0v) is 14.4. The number of hydrogen-bond acceptors (Lipinski definition) is 4. The van der Waals surface area contributed by atoms with E-state index in [9.17, 15) is 4.79 Å². The van der Waals surface area contributed by atoms with Crippen LogP contribution in [0.5, 0.6) is 0 Å². The summed E-state index contributed by atoms with van der Waals surface area (Å²) in [7, 11) is 1.97. The Kier molecular flexibility index (Phi) is 3.37.